The van der Waals surface area contributed by atoms with Crippen molar-refractivity contribution in [2.24, 2.45) is 29.6 Å². The van der Waals surface area contributed by atoms with Gasteiger partial charge in [-0.25, -0.2) is 0 Å². The number of hydrogen-bond donors (Lipinski definition) is 1. The first-order chi connectivity index (χ1) is 22.4. The van der Waals surface area contributed by atoms with Crippen LogP contribution in [0.4, 0.5) is 0 Å². The summed E-state index contributed by atoms with van der Waals surface area (Å²) >= 11 is 0. The van der Waals surface area contributed by atoms with Crippen LogP contribution in [-0.2, 0) is 9.47 Å². The van der Waals surface area contributed by atoms with E-state index in [4.69, 9.17) is 9.47 Å². The van der Waals surface area contributed by atoms with Crippen molar-refractivity contribution in [1.82, 2.24) is 5.32 Å². The van der Waals surface area contributed by atoms with Gasteiger partial charge in [-0.1, -0.05) is 203 Å². The van der Waals surface area contributed by atoms with E-state index >= 15 is 0 Å². The highest BCUT2D eigenvalue weighted by Crippen LogP contribution is 2.24. The third kappa shape index (κ3) is 58.1. The summed E-state index contributed by atoms with van der Waals surface area (Å²) in [7, 11) is 0. The predicted octanol–water partition coefficient (Wildman–Crippen LogP) is 16.1. The van der Waals surface area contributed by atoms with Crippen LogP contribution in [0.15, 0.2) is 0 Å². The van der Waals surface area contributed by atoms with Crippen LogP contribution < -0.4 is 5.32 Å². The molecule has 3 nitrogen and oxygen atoms in total. The van der Waals surface area contributed by atoms with Crippen molar-refractivity contribution in [1.29, 1.82) is 0 Å². The molecule has 6 rings (SSSR count). The molecule has 3 saturated carbocycles. The van der Waals surface area contributed by atoms with E-state index in [1.165, 1.54) is 103 Å². The first-order valence-electron chi connectivity index (χ1n) is 21.3. The molecule has 304 valence electrons. The Morgan fingerprint density at radius 3 is 0.792 bits per heavy atom. The first-order valence-corrected chi connectivity index (χ1v) is 21.3. The molecule has 6 fully saturated rings. The van der Waals surface area contributed by atoms with Crippen LogP contribution in [0.25, 0.3) is 0 Å². The van der Waals surface area contributed by atoms with Crippen LogP contribution in [0.3, 0.4) is 0 Å². The molecule has 3 saturated heterocycles. The molecule has 0 aromatic carbocycles. The highest BCUT2D eigenvalue weighted by Gasteiger charge is 2.10. The zero-order valence-electron chi connectivity index (χ0n) is 36.2. The van der Waals surface area contributed by atoms with Crippen LogP contribution in [-0.4, -0.2) is 39.0 Å². The van der Waals surface area contributed by atoms with Crippen LogP contribution in [0, 0.1) is 29.6 Å². The topological polar surface area (TPSA) is 30.5 Å². The molecule has 0 bridgehead atoms. The van der Waals surface area contributed by atoms with E-state index in [1.54, 1.807) is 0 Å². The molecular formula is C45H107NO2. The molecule has 3 atom stereocenters. The smallest absolute Gasteiger partial charge is 0.0568 e. The molecule has 48 heavy (non-hydrogen) atoms. The summed E-state index contributed by atoms with van der Waals surface area (Å²) in [4.78, 5) is 0. The summed E-state index contributed by atoms with van der Waals surface area (Å²) < 4.78 is 9.99. The van der Waals surface area contributed by atoms with Gasteiger partial charge in [0.25, 0.3) is 0 Å². The Kier molecular flexibility index (Phi) is 85.5. The minimum Gasteiger partial charge on any atom is -0.381 e. The highest BCUT2D eigenvalue weighted by atomic mass is 16.5. The number of rotatable bonds is 0. The van der Waals surface area contributed by atoms with E-state index in [2.05, 4.69) is 46.9 Å². The molecule has 0 amide bonds. The Morgan fingerprint density at radius 1 is 0.396 bits per heavy atom. The minimum absolute atomic E-state index is 0. The number of hydrogen-bond acceptors (Lipinski definition) is 3. The second-order valence-corrected chi connectivity index (χ2v) is 12.4. The maximum Gasteiger partial charge on any atom is 0.0568 e. The third-order valence-electron chi connectivity index (χ3n) is 8.07. The van der Waals surface area contributed by atoms with Gasteiger partial charge in [0.15, 0.2) is 0 Å². The molecule has 0 aromatic heterocycles. The van der Waals surface area contributed by atoms with Crippen molar-refractivity contribution in [3.63, 3.8) is 0 Å². The maximum absolute atomic E-state index is 5.06. The Bertz CT molecular complexity index is 345. The Balaban J connectivity index is -0.0000000623. The fourth-order valence-electron chi connectivity index (χ4n) is 4.68. The number of nitrogens with one attached hydrogen (secondary N) is 1. The van der Waals surface area contributed by atoms with Crippen LogP contribution in [0.1, 0.15) is 229 Å². The largest absolute Gasteiger partial charge is 0.381 e. The van der Waals surface area contributed by atoms with Gasteiger partial charge < -0.3 is 14.8 Å². The van der Waals surface area contributed by atoms with Crippen LogP contribution in [0.2, 0.25) is 0 Å². The summed E-state index contributed by atoms with van der Waals surface area (Å²) in [6, 6.07) is 0. The van der Waals surface area contributed by atoms with Gasteiger partial charge in [0.2, 0.25) is 0 Å². The summed E-state index contributed by atoms with van der Waals surface area (Å²) in [6.45, 7) is 43.0. The van der Waals surface area contributed by atoms with E-state index < -0.39 is 0 Å². The lowest BCUT2D eigenvalue weighted by molar-refractivity contribution is -0.0375. The van der Waals surface area contributed by atoms with Gasteiger partial charge in [-0.2, -0.15) is 0 Å². The van der Waals surface area contributed by atoms with Crippen LogP contribution in [0.5, 0.6) is 0 Å². The molecule has 6 aliphatic rings. The second kappa shape index (κ2) is 62.0. The molecule has 0 radical (unpaired) electrons. The average Bonchev–Trinajstić information content (AvgIpc) is 3.95. The van der Waals surface area contributed by atoms with E-state index in [9.17, 15) is 0 Å². The summed E-state index contributed by atoms with van der Waals surface area (Å²) in [5.74, 6) is 4.92. The second-order valence-electron chi connectivity index (χ2n) is 12.4. The fraction of sp³-hybridized carbons (Fsp3) is 1.00. The van der Waals surface area contributed by atoms with E-state index in [0.29, 0.717) is 6.10 Å². The SMILES string of the molecule is C.C.CC.CC.CC.CC.CC.CC.CC1CCC1.CC1CCCC1.CC1CCCC1.C[C@@H]1CCNC1.C[C@@H]1CCO1.C[C@@H]1CCOC1. The monoisotopic (exact) mass is 694 g/mol. The zero-order valence-corrected chi connectivity index (χ0v) is 36.2. The van der Waals surface area contributed by atoms with Crippen molar-refractivity contribution >= 4 is 0 Å². The van der Waals surface area contributed by atoms with Gasteiger partial charge in [0, 0.05) is 19.8 Å². The summed E-state index contributed by atoms with van der Waals surface area (Å²) in [5, 5.41) is 3.27. The van der Waals surface area contributed by atoms with E-state index in [1.807, 2.05) is 83.1 Å². The van der Waals surface area contributed by atoms with Gasteiger partial charge >= 0.3 is 0 Å². The van der Waals surface area contributed by atoms with Crippen molar-refractivity contribution in [2.45, 2.75) is 235 Å². The van der Waals surface area contributed by atoms with Gasteiger partial charge in [-0.05, 0) is 68.9 Å². The molecule has 0 spiro atoms. The lowest BCUT2D eigenvalue weighted by Crippen LogP contribution is -2.22. The molecule has 0 aromatic rings. The minimum atomic E-state index is 0. The highest BCUT2D eigenvalue weighted by molar-refractivity contribution is 4.65. The third-order valence-corrected chi connectivity index (χ3v) is 8.07. The molecule has 1 N–H and O–H groups in total. The van der Waals surface area contributed by atoms with Gasteiger partial charge in [-0.3, -0.25) is 0 Å². The number of ether oxygens (including phenoxy) is 2. The van der Waals surface area contributed by atoms with Crippen LogP contribution >= 0.6 is 0 Å². The molecule has 0 unspecified atom stereocenters. The Labute approximate surface area is 312 Å². The van der Waals surface area contributed by atoms with Crippen molar-refractivity contribution < 1.29 is 9.47 Å². The Hall–Kier alpha value is -0.120. The van der Waals surface area contributed by atoms with Crippen molar-refractivity contribution in [2.75, 3.05) is 32.9 Å². The quantitative estimate of drug-likeness (QED) is 0.274. The fourth-order valence-corrected chi connectivity index (χ4v) is 4.68. The molecule has 3 aliphatic heterocycles. The van der Waals surface area contributed by atoms with Gasteiger partial charge in [-0.15, -0.1) is 0 Å². The lowest BCUT2D eigenvalue weighted by Gasteiger charge is -2.20. The summed E-state index contributed by atoms with van der Waals surface area (Å²) in [6.07, 6.45) is 20.8. The Morgan fingerprint density at radius 2 is 0.729 bits per heavy atom. The first kappa shape index (κ1) is 66.2. The zero-order chi connectivity index (χ0) is 37.0. The summed E-state index contributed by atoms with van der Waals surface area (Å²) in [5.41, 5.74) is 0. The van der Waals surface area contributed by atoms with Crippen molar-refractivity contribution in [3.05, 3.63) is 0 Å². The van der Waals surface area contributed by atoms with Crippen molar-refractivity contribution in [3.8, 4) is 0 Å². The maximum atomic E-state index is 5.06. The normalized spacial score (nSPS) is 22.2. The molecule has 3 heterocycles. The lowest BCUT2D eigenvalue weighted by atomic mass is 9.88. The standard InChI is InChI=1S/2C6H12.C5H11N.C5H10O.C5H10.C4H8O.6C2H6.2CH4/c2*1-6-4-2-3-5-6;2*1-5-2-3-6-4-5;1-5-3-2-4-5;1-4-2-3-5-4;6*1-2;;/h2*6H,2-5H2,1H3;5-6H,2-4H2,1H3;5H,2-4H2,1H3;5H,2-4H2,1H3;4H,2-3H2,1H3;6*1-2H3;2*1H4/t;;2*5-;;4-;;;;;;;;/m..11.1......../s1. The van der Waals surface area contributed by atoms with E-state index in [0.717, 1.165) is 49.4 Å². The predicted molar refractivity (Wildman–Crippen MR) is 231 cm³/mol. The van der Waals surface area contributed by atoms with Gasteiger partial charge in [0.05, 0.1) is 6.10 Å². The van der Waals surface area contributed by atoms with E-state index in [-0.39, 0.29) is 14.9 Å². The molecule has 3 heteroatoms. The average molecular weight is 694 g/mol. The van der Waals surface area contributed by atoms with Gasteiger partial charge in [0.1, 0.15) is 0 Å². The molecular weight excluding hydrogens is 587 g/mol. The molecule has 3 aliphatic carbocycles.